The van der Waals surface area contributed by atoms with Gasteiger partial charge in [0.25, 0.3) is 0 Å². The maximum absolute atomic E-state index is 12.8. The zero-order valence-electron chi connectivity index (χ0n) is 13.1. The van der Waals surface area contributed by atoms with Crippen LogP contribution in [0.1, 0.15) is 26.4 Å². The molecule has 24 heavy (non-hydrogen) atoms. The number of nitrogens with zero attached hydrogens (tertiary/aromatic N) is 1. The van der Waals surface area contributed by atoms with Crippen LogP contribution in [0.15, 0.2) is 53.1 Å². The van der Waals surface area contributed by atoms with E-state index in [0.717, 1.165) is 9.99 Å². The molecule has 2 aromatic heterocycles. The summed E-state index contributed by atoms with van der Waals surface area (Å²) in [6.45, 7) is 0. The lowest BCUT2D eigenvalue weighted by Gasteiger charge is -2.05. The Labute approximate surface area is 146 Å². The Hall–Kier alpha value is -2.60. The number of hydrogen-bond acceptors (Lipinski definition) is 4. The van der Waals surface area contributed by atoms with Crippen LogP contribution in [0.3, 0.4) is 0 Å². The van der Waals surface area contributed by atoms with Crippen LogP contribution in [0.2, 0.25) is 0 Å². The van der Waals surface area contributed by atoms with Crippen LogP contribution in [-0.4, -0.2) is 30.4 Å². The van der Waals surface area contributed by atoms with Gasteiger partial charge in [-0.1, -0.05) is 0 Å². The highest BCUT2D eigenvalue weighted by atomic mass is 79.9. The van der Waals surface area contributed by atoms with Crippen molar-refractivity contribution in [1.29, 1.82) is 0 Å². The van der Waals surface area contributed by atoms with Crippen LogP contribution in [0.25, 0.3) is 5.52 Å². The van der Waals surface area contributed by atoms with Crippen molar-refractivity contribution in [2.45, 2.75) is 0 Å². The van der Waals surface area contributed by atoms with Crippen molar-refractivity contribution >= 4 is 33.2 Å². The minimum atomic E-state index is -0.423. The number of ketones is 1. The predicted octanol–water partition coefficient (Wildman–Crippen LogP) is 3.73. The number of carbonyl (C=O) groups excluding carboxylic acids is 2. The summed E-state index contributed by atoms with van der Waals surface area (Å²) in [5.74, 6) is 0.147. The van der Waals surface area contributed by atoms with E-state index >= 15 is 0 Å². The highest BCUT2D eigenvalue weighted by Crippen LogP contribution is 2.26. The fraction of sp³-hybridized carbons (Fsp3) is 0.111. The maximum Gasteiger partial charge on any atom is 0.337 e. The summed E-state index contributed by atoms with van der Waals surface area (Å²) in [6.07, 6.45) is 1.68. The summed E-state index contributed by atoms with van der Waals surface area (Å²) in [7, 11) is 2.91. The summed E-state index contributed by atoms with van der Waals surface area (Å²) in [5, 5.41) is 0. The molecular weight excluding hydrogens is 374 g/mol. The minimum Gasteiger partial charge on any atom is -0.497 e. The Kier molecular flexibility index (Phi) is 4.40. The average molecular weight is 388 g/mol. The summed E-state index contributed by atoms with van der Waals surface area (Å²) in [5.41, 5.74) is 2.19. The molecular formula is C18H14BrNO4. The molecule has 0 radical (unpaired) electrons. The van der Waals surface area contributed by atoms with Crippen LogP contribution in [0.5, 0.6) is 5.75 Å². The second kappa shape index (κ2) is 6.49. The highest BCUT2D eigenvalue weighted by molar-refractivity contribution is 9.10. The largest absolute Gasteiger partial charge is 0.497 e. The van der Waals surface area contributed by atoms with Crippen LogP contribution < -0.4 is 4.74 Å². The van der Waals surface area contributed by atoms with E-state index in [9.17, 15) is 9.59 Å². The number of aromatic nitrogens is 1. The number of ether oxygens (including phenoxy) is 2. The van der Waals surface area contributed by atoms with Gasteiger partial charge in [0.15, 0.2) is 0 Å². The highest BCUT2D eigenvalue weighted by Gasteiger charge is 2.17. The minimum absolute atomic E-state index is 0.121. The molecule has 122 valence electrons. The third-order valence-electron chi connectivity index (χ3n) is 3.73. The second-order valence-electron chi connectivity index (χ2n) is 5.10. The number of pyridine rings is 1. The Balaban J connectivity index is 2.05. The Morgan fingerprint density at radius 1 is 1.00 bits per heavy atom. The van der Waals surface area contributed by atoms with E-state index in [1.807, 2.05) is 0 Å². The first-order valence-electron chi connectivity index (χ1n) is 7.13. The van der Waals surface area contributed by atoms with Crippen molar-refractivity contribution in [3.63, 3.8) is 0 Å². The van der Waals surface area contributed by atoms with Crippen molar-refractivity contribution in [3.8, 4) is 5.75 Å². The van der Waals surface area contributed by atoms with Gasteiger partial charge in [0.1, 0.15) is 5.75 Å². The SMILES string of the molecule is COC(=O)c1ccn2c(C(=O)c3ccc(OC)cc3)cc(Br)c2c1. The normalized spacial score (nSPS) is 10.6. The molecule has 3 rings (SSSR count). The topological polar surface area (TPSA) is 57.0 Å². The number of hydrogen-bond donors (Lipinski definition) is 0. The van der Waals surface area contributed by atoms with Gasteiger partial charge >= 0.3 is 5.97 Å². The lowest BCUT2D eigenvalue weighted by atomic mass is 10.1. The van der Waals surface area contributed by atoms with Gasteiger partial charge in [0.05, 0.1) is 31.0 Å². The first-order chi connectivity index (χ1) is 11.5. The van der Waals surface area contributed by atoms with E-state index in [4.69, 9.17) is 9.47 Å². The standard InChI is InChI=1S/C18H14BrNO4/c1-23-13-5-3-11(4-6-13)17(21)16-10-14(19)15-9-12(18(22)24-2)7-8-20(15)16/h3-10H,1-2H3. The number of carbonyl (C=O) groups is 2. The number of rotatable bonds is 4. The van der Waals surface area contributed by atoms with E-state index < -0.39 is 5.97 Å². The lowest BCUT2D eigenvalue weighted by molar-refractivity contribution is 0.0600. The van der Waals surface area contributed by atoms with Crippen LogP contribution in [0, 0.1) is 0 Å². The summed E-state index contributed by atoms with van der Waals surface area (Å²) < 4.78 is 12.3. The Bertz CT molecular complexity index is 928. The fourth-order valence-corrected chi connectivity index (χ4v) is 2.99. The van der Waals surface area contributed by atoms with Gasteiger partial charge in [-0.05, 0) is 58.4 Å². The molecule has 3 aromatic rings. The molecule has 0 aliphatic rings. The zero-order chi connectivity index (χ0) is 17.3. The molecule has 0 aliphatic carbocycles. The van der Waals surface area contributed by atoms with Gasteiger partial charge in [-0.3, -0.25) is 4.79 Å². The lowest BCUT2D eigenvalue weighted by Crippen LogP contribution is -2.06. The van der Waals surface area contributed by atoms with E-state index in [1.165, 1.54) is 7.11 Å². The quantitative estimate of drug-likeness (QED) is 0.505. The monoisotopic (exact) mass is 387 g/mol. The zero-order valence-corrected chi connectivity index (χ0v) is 14.7. The first kappa shape index (κ1) is 16.3. The molecule has 0 atom stereocenters. The molecule has 0 aliphatic heterocycles. The van der Waals surface area contributed by atoms with Crippen molar-refractivity contribution in [2.24, 2.45) is 0 Å². The smallest absolute Gasteiger partial charge is 0.337 e. The van der Waals surface area contributed by atoms with E-state index in [1.54, 1.807) is 60.2 Å². The number of esters is 1. The molecule has 1 aromatic carbocycles. The number of fused-ring (bicyclic) bond motifs is 1. The first-order valence-corrected chi connectivity index (χ1v) is 7.92. The number of halogens is 1. The van der Waals surface area contributed by atoms with Crippen molar-refractivity contribution in [1.82, 2.24) is 4.40 Å². The molecule has 0 unspecified atom stereocenters. The number of methoxy groups -OCH3 is 2. The molecule has 2 heterocycles. The fourth-order valence-electron chi connectivity index (χ4n) is 2.47. The third-order valence-corrected chi connectivity index (χ3v) is 4.36. The maximum atomic E-state index is 12.8. The Morgan fingerprint density at radius 2 is 1.71 bits per heavy atom. The van der Waals surface area contributed by atoms with Gasteiger partial charge < -0.3 is 13.9 Å². The molecule has 6 heteroatoms. The third kappa shape index (κ3) is 2.80. The van der Waals surface area contributed by atoms with Gasteiger partial charge in [-0.15, -0.1) is 0 Å². The molecule has 0 N–H and O–H groups in total. The second-order valence-corrected chi connectivity index (χ2v) is 5.95. The van der Waals surface area contributed by atoms with Crippen molar-refractivity contribution in [3.05, 3.63) is 70.0 Å². The van der Waals surface area contributed by atoms with Crippen molar-refractivity contribution < 1.29 is 19.1 Å². The van der Waals surface area contributed by atoms with Gasteiger partial charge in [0.2, 0.25) is 5.78 Å². The van der Waals surface area contributed by atoms with Crippen LogP contribution in [-0.2, 0) is 4.74 Å². The van der Waals surface area contributed by atoms with Gasteiger partial charge in [-0.25, -0.2) is 4.79 Å². The van der Waals surface area contributed by atoms with E-state index in [-0.39, 0.29) is 5.78 Å². The van der Waals surface area contributed by atoms with Crippen molar-refractivity contribution in [2.75, 3.05) is 14.2 Å². The van der Waals surface area contributed by atoms with Gasteiger partial charge in [0, 0.05) is 16.2 Å². The predicted molar refractivity (Wildman–Crippen MR) is 92.9 cm³/mol. The summed E-state index contributed by atoms with van der Waals surface area (Å²) >= 11 is 3.44. The Morgan fingerprint density at radius 3 is 2.33 bits per heavy atom. The van der Waals surface area contributed by atoms with E-state index in [0.29, 0.717) is 22.6 Å². The van der Waals surface area contributed by atoms with E-state index in [2.05, 4.69) is 15.9 Å². The molecule has 0 saturated carbocycles. The van der Waals surface area contributed by atoms with Gasteiger partial charge in [-0.2, -0.15) is 0 Å². The summed E-state index contributed by atoms with van der Waals surface area (Å²) in [4.78, 5) is 24.4. The molecule has 0 fully saturated rings. The molecule has 5 nitrogen and oxygen atoms in total. The van der Waals surface area contributed by atoms with Crippen LogP contribution in [0.4, 0.5) is 0 Å². The molecule has 0 spiro atoms. The number of benzene rings is 1. The summed E-state index contributed by atoms with van der Waals surface area (Å²) in [6, 6.07) is 12.0. The molecule has 0 bridgehead atoms. The molecule has 0 saturated heterocycles. The average Bonchev–Trinajstić information content (AvgIpc) is 2.96. The molecule has 0 amide bonds. The van der Waals surface area contributed by atoms with Crippen LogP contribution >= 0.6 is 15.9 Å².